The molecule has 1 aliphatic rings. The van der Waals surface area contributed by atoms with Gasteiger partial charge in [-0.1, -0.05) is 0 Å². The zero-order valence-electron chi connectivity index (χ0n) is 13.1. The van der Waals surface area contributed by atoms with Crippen molar-refractivity contribution in [2.75, 3.05) is 32.4 Å². The number of carbonyl (C=O) groups is 1. The molecule has 1 saturated heterocycles. The van der Waals surface area contributed by atoms with Crippen LogP contribution in [0.15, 0.2) is 5.38 Å². The first-order valence-corrected chi connectivity index (χ1v) is 9.91. The van der Waals surface area contributed by atoms with E-state index in [-0.39, 0.29) is 5.91 Å². The fourth-order valence-corrected chi connectivity index (χ4v) is 3.83. The van der Waals surface area contributed by atoms with Crippen molar-refractivity contribution in [1.82, 2.24) is 19.5 Å². The van der Waals surface area contributed by atoms with E-state index < -0.39 is 16.1 Å². The zero-order chi connectivity index (χ0) is 16.3. The number of piperazine rings is 1. The molecule has 124 valence electrons. The summed E-state index contributed by atoms with van der Waals surface area (Å²) in [7, 11) is -3.37. The third kappa shape index (κ3) is 5.01. The summed E-state index contributed by atoms with van der Waals surface area (Å²) in [5, 5.41) is 3.12. The highest BCUT2D eigenvalue weighted by molar-refractivity contribution is 7.88. The summed E-state index contributed by atoms with van der Waals surface area (Å²) in [4.78, 5) is 20.6. The number of nitrogens with one attached hydrogen (secondary N) is 1. The first kappa shape index (κ1) is 17.3. The number of nitrogens with zero attached hydrogens (tertiary/aromatic N) is 3. The Labute approximate surface area is 135 Å². The predicted octanol–water partition coefficient (Wildman–Crippen LogP) is 0.0334. The Morgan fingerprint density at radius 3 is 2.55 bits per heavy atom. The van der Waals surface area contributed by atoms with E-state index in [2.05, 4.69) is 20.0 Å². The third-order valence-electron chi connectivity index (χ3n) is 3.50. The minimum Gasteiger partial charge on any atom is -0.339 e. The van der Waals surface area contributed by atoms with Crippen LogP contribution in [-0.4, -0.2) is 67.6 Å². The van der Waals surface area contributed by atoms with Gasteiger partial charge < -0.3 is 4.90 Å². The van der Waals surface area contributed by atoms with Gasteiger partial charge in [0.1, 0.15) is 0 Å². The lowest BCUT2D eigenvalue weighted by Crippen LogP contribution is -2.53. The van der Waals surface area contributed by atoms with Crippen LogP contribution in [-0.2, 0) is 21.4 Å². The number of hydrogen-bond acceptors (Lipinski definition) is 6. The van der Waals surface area contributed by atoms with Crippen LogP contribution >= 0.6 is 11.3 Å². The highest BCUT2D eigenvalue weighted by atomic mass is 32.2. The van der Waals surface area contributed by atoms with Crippen molar-refractivity contribution in [2.24, 2.45) is 0 Å². The van der Waals surface area contributed by atoms with Gasteiger partial charge in [-0.05, 0) is 13.8 Å². The van der Waals surface area contributed by atoms with E-state index in [4.69, 9.17) is 0 Å². The fourth-order valence-electron chi connectivity index (χ4n) is 2.48. The molecule has 9 heteroatoms. The maximum absolute atomic E-state index is 12.2. The number of rotatable bonds is 5. The molecule has 1 fully saturated rings. The van der Waals surface area contributed by atoms with Gasteiger partial charge in [0, 0.05) is 38.1 Å². The van der Waals surface area contributed by atoms with E-state index in [1.807, 2.05) is 6.92 Å². The quantitative estimate of drug-likeness (QED) is 0.814. The Balaban J connectivity index is 1.82. The number of aryl methyl sites for hydroxylation is 1. The van der Waals surface area contributed by atoms with Crippen molar-refractivity contribution in [3.05, 3.63) is 16.1 Å². The molecule has 0 bridgehead atoms. The average molecular weight is 346 g/mol. The number of carbonyl (C=O) groups excluding carboxylic acids is 1. The second-order valence-electron chi connectivity index (χ2n) is 5.57. The Morgan fingerprint density at radius 2 is 2.05 bits per heavy atom. The summed E-state index contributed by atoms with van der Waals surface area (Å²) in [5.74, 6) is -0.172. The van der Waals surface area contributed by atoms with E-state index in [0.29, 0.717) is 13.1 Å². The van der Waals surface area contributed by atoms with Crippen molar-refractivity contribution < 1.29 is 13.2 Å². The molecule has 1 amide bonds. The minimum absolute atomic E-state index is 0.172. The fraction of sp³-hybridized carbons (Fsp3) is 0.692. The summed E-state index contributed by atoms with van der Waals surface area (Å²) in [5.41, 5.74) is 1.06. The Hall–Kier alpha value is -1.03. The number of sulfonamides is 1. The lowest BCUT2D eigenvalue weighted by molar-refractivity contribution is -0.134. The topological polar surface area (TPSA) is 82.6 Å². The van der Waals surface area contributed by atoms with Crippen LogP contribution in [0.5, 0.6) is 0 Å². The summed E-state index contributed by atoms with van der Waals surface area (Å²) in [6.07, 6.45) is 1.06. The first-order chi connectivity index (χ1) is 10.2. The molecule has 2 rings (SSSR count). The van der Waals surface area contributed by atoms with Gasteiger partial charge in [0.05, 0.1) is 23.0 Å². The van der Waals surface area contributed by atoms with Crippen LogP contribution in [0.4, 0.5) is 0 Å². The lowest BCUT2D eigenvalue weighted by atomic mass is 10.2. The van der Waals surface area contributed by atoms with E-state index in [9.17, 15) is 13.2 Å². The Morgan fingerprint density at radius 1 is 1.41 bits per heavy atom. The molecule has 22 heavy (non-hydrogen) atoms. The van der Waals surface area contributed by atoms with Crippen molar-refractivity contribution in [2.45, 2.75) is 26.4 Å². The minimum atomic E-state index is -3.37. The summed E-state index contributed by atoms with van der Waals surface area (Å²) >= 11 is 1.64. The highest BCUT2D eigenvalue weighted by Crippen LogP contribution is 2.12. The van der Waals surface area contributed by atoms with Crippen LogP contribution in [0.3, 0.4) is 0 Å². The largest absolute Gasteiger partial charge is 0.339 e. The summed E-state index contributed by atoms with van der Waals surface area (Å²) < 4.78 is 24.7. The molecule has 0 spiro atoms. The first-order valence-electron chi connectivity index (χ1n) is 7.14. The van der Waals surface area contributed by atoms with Crippen LogP contribution in [0.25, 0.3) is 0 Å². The monoisotopic (exact) mass is 346 g/mol. The second-order valence-corrected chi connectivity index (χ2v) is 8.41. The van der Waals surface area contributed by atoms with E-state index in [1.54, 1.807) is 23.2 Å². The van der Waals surface area contributed by atoms with Gasteiger partial charge in [-0.25, -0.2) is 18.1 Å². The molecule has 1 aliphatic heterocycles. The Bertz CT molecular complexity index is 621. The van der Waals surface area contributed by atoms with E-state index in [1.165, 1.54) is 0 Å². The molecule has 0 aromatic carbocycles. The SMILES string of the molecule is Cc1nc(CN2CCN(C(=O)[C@@H](C)NS(C)(=O)=O)CC2)cs1. The number of thiazole rings is 1. The van der Waals surface area contributed by atoms with Crippen LogP contribution in [0.1, 0.15) is 17.6 Å². The van der Waals surface area contributed by atoms with Gasteiger partial charge in [-0.3, -0.25) is 9.69 Å². The standard InChI is InChI=1S/C13H22N4O3S2/c1-10(15-22(3,19)20)13(18)17-6-4-16(5-7-17)8-12-9-21-11(2)14-12/h9-10,15H,4-8H2,1-3H3/t10-/m1/s1. The van der Waals surface area contributed by atoms with E-state index >= 15 is 0 Å². The normalized spacial score (nSPS) is 18.4. The molecule has 7 nitrogen and oxygen atoms in total. The third-order valence-corrected chi connectivity index (χ3v) is 5.10. The molecular formula is C13H22N4O3S2. The van der Waals surface area contributed by atoms with Gasteiger partial charge in [0.15, 0.2) is 0 Å². The predicted molar refractivity (Wildman–Crippen MR) is 86.1 cm³/mol. The number of amides is 1. The molecule has 1 aromatic heterocycles. The number of aromatic nitrogens is 1. The van der Waals surface area contributed by atoms with Crippen molar-refractivity contribution in [3.63, 3.8) is 0 Å². The number of hydrogen-bond donors (Lipinski definition) is 1. The molecule has 0 unspecified atom stereocenters. The van der Waals surface area contributed by atoms with Gasteiger partial charge in [-0.2, -0.15) is 0 Å². The van der Waals surface area contributed by atoms with Gasteiger partial charge >= 0.3 is 0 Å². The lowest BCUT2D eigenvalue weighted by Gasteiger charge is -2.35. The van der Waals surface area contributed by atoms with E-state index in [0.717, 1.165) is 36.6 Å². The van der Waals surface area contributed by atoms with Crippen LogP contribution in [0, 0.1) is 6.92 Å². The molecule has 0 saturated carbocycles. The molecule has 1 atom stereocenters. The van der Waals surface area contributed by atoms with Crippen LogP contribution in [0.2, 0.25) is 0 Å². The summed E-state index contributed by atoms with van der Waals surface area (Å²) in [6.45, 7) is 7.12. The Kier molecular flexibility index (Phi) is 5.54. The molecule has 2 heterocycles. The smallest absolute Gasteiger partial charge is 0.240 e. The zero-order valence-corrected chi connectivity index (χ0v) is 14.7. The maximum atomic E-state index is 12.2. The maximum Gasteiger partial charge on any atom is 0.240 e. The molecular weight excluding hydrogens is 324 g/mol. The second kappa shape index (κ2) is 7.03. The van der Waals surface area contributed by atoms with Crippen molar-refractivity contribution in [3.8, 4) is 0 Å². The molecule has 0 radical (unpaired) electrons. The molecule has 0 aliphatic carbocycles. The van der Waals surface area contributed by atoms with Gasteiger partial charge in [0.25, 0.3) is 0 Å². The average Bonchev–Trinajstić information content (AvgIpc) is 2.82. The van der Waals surface area contributed by atoms with Gasteiger partial charge in [-0.15, -0.1) is 11.3 Å². The summed E-state index contributed by atoms with van der Waals surface area (Å²) in [6, 6.07) is -0.720. The van der Waals surface area contributed by atoms with Crippen LogP contribution < -0.4 is 4.72 Å². The highest BCUT2D eigenvalue weighted by Gasteiger charge is 2.26. The van der Waals surface area contributed by atoms with Crippen molar-refractivity contribution in [1.29, 1.82) is 0 Å². The molecule has 1 N–H and O–H groups in total. The van der Waals surface area contributed by atoms with Crippen molar-refractivity contribution >= 4 is 27.3 Å². The molecule has 1 aromatic rings. The van der Waals surface area contributed by atoms with Gasteiger partial charge in [0.2, 0.25) is 15.9 Å².